The van der Waals surface area contributed by atoms with E-state index < -0.39 is 0 Å². The van der Waals surface area contributed by atoms with Crippen LogP contribution in [0.15, 0.2) is 24.3 Å². The number of likely N-dealkylation sites (N-methyl/N-ethyl adjacent to an activating group) is 1. The Morgan fingerprint density at radius 2 is 2.20 bits per heavy atom. The Morgan fingerprint density at radius 1 is 1.45 bits per heavy atom. The van der Waals surface area contributed by atoms with E-state index in [1.54, 1.807) is 18.0 Å². The average molecular weight is 271 g/mol. The minimum atomic E-state index is -0.131. The molecule has 0 saturated carbocycles. The molecule has 1 aromatic rings. The minimum absolute atomic E-state index is 0.0785. The summed E-state index contributed by atoms with van der Waals surface area (Å²) in [7, 11) is 1.65. The Hall–Kier alpha value is -2.35. The molecule has 0 bridgehead atoms. The molecule has 104 valence electrons. The summed E-state index contributed by atoms with van der Waals surface area (Å²) in [6, 6.07) is 9.51. The van der Waals surface area contributed by atoms with Gasteiger partial charge in [0.05, 0.1) is 12.5 Å². The standard InChI is InChI=1S/C15H17N3O2/c1-17(9-4-8-16)14(19)11-18-10-7-12-5-2-3-6-13(12)15(18)20/h2-3,5-6H,4,7,9-11H2,1H3. The van der Waals surface area contributed by atoms with Crippen molar-refractivity contribution in [2.45, 2.75) is 12.8 Å². The van der Waals surface area contributed by atoms with E-state index in [9.17, 15) is 9.59 Å². The van der Waals surface area contributed by atoms with Crippen LogP contribution in [0.3, 0.4) is 0 Å². The first-order valence-electron chi connectivity index (χ1n) is 6.61. The summed E-state index contributed by atoms with van der Waals surface area (Å²) >= 11 is 0. The quantitative estimate of drug-likeness (QED) is 0.822. The highest BCUT2D eigenvalue weighted by atomic mass is 16.2. The molecule has 5 nitrogen and oxygen atoms in total. The lowest BCUT2D eigenvalue weighted by atomic mass is 9.99. The molecule has 0 fully saturated rings. The average Bonchev–Trinajstić information content (AvgIpc) is 2.47. The molecular formula is C15H17N3O2. The van der Waals surface area contributed by atoms with Gasteiger partial charge in [-0.3, -0.25) is 9.59 Å². The summed E-state index contributed by atoms with van der Waals surface area (Å²) in [5, 5.41) is 8.52. The lowest BCUT2D eigenvalue weighted by Gasteiger charge is -2.29. The summed E-state index contributed by atoms with van der Waals surface area (Å²) in [5.41, 5.74) is 1.73. The topological polar surface area (TPSA) is 64.4 Å². The Balaban J connectivity index is 2.00. The number of nitriles is 1. The predicted octanol–water partition coefficient (Wildman–Crippen LogP) is 1.06. The number of rotatable bonds is 4. The third kappa shape index (κ3) is 2.97. The second kappa shape index (κ2) is 6.20. The van der Waals surface area contributed by atoms with Crippen LogP contribution in [-0.4, -0.2) is 48.3 Å². The zero-order valence-corrected chi connectivity index (χ0v) is 11.5. The van der Waals surface area contributed by atoms with Crippen molar-refractivity contribution >= 4 is 11.8 Å². The van der Waals surface area contributed by atoms with Crippen LogP contribution in [0.5, 0.6) is 0 Å². The highest BCUT2D eigenvalue weighted by Gasteiger charge is 2.26. The Labute approximate surface area is 118 Å². The number of benzene rings is 1. The monoisotopic (exact) mass is 271 g/mol. The van der Waals surface area contributed by atoms with E-state index in [0.717, 1.165) is 12.0 Å². The zero-order valence-electron chi connectivity index (χ0n) is 11.5. The lowest BCUT2D eigenvalue weighted by molar-refractivity contribution is -0.130. The van der Waals surface area contributed by atoms with Crippen LogP contribution in [-0.2, 0) is 11.2 Å². The normalized spacial score (nSPS) is 13.6. The van der Waals surface area contributed by atoms with Crippen molar-refractivity contribution in [3.63, 3.8) is 0 Å². The van der Waals surface area contributed by atoms with Crippen molar-refractivity contribution in [1.29, 1.82) is 5.26 Å². The molecular weight excluding hydrogens is 254 g/mol. The van der Waals surface area contributed by atoms with Crippen molar-refractivity contribution < 1.29 is 9.59 Å². The first-order valence-corrected chi connectivity index (χ1v) is 6.61. The van der Waals surface area contributed by atoms with Crippen molar-refractivity contribution in [3.8, 4) is 6.07 Å². The molecule has 0 aliphatic carbocycles. The molecule has 2 amide bonds. The number of hydrogen-bond acceptors (Lipinski definition) is 3. The van der Waals surface area contributed by atoms with Gasteiger partial charge in [0.1, 0.15) is 6.54 Å². The Morgan fingerprint density at radius 3 is 2.95 bits per heavy atom. The van der Waals surface area contributed by atoms with Gasteiger partial charge in [-0.05, 0) is 18.1 Å². The van der Waals surface area contributed by atoms with Gasteiger partial charge in [-0.1, -0.05) is 18.2 Å². The summed E-state index contributed by atoms with van der Waals surface area (Å²) in [6.45, 7) is 1.04. The maximum Gasteiger partial charge on any atom is 0.254 e. The van der Waals surface area contributed by atoms with Crippen molar-refractivity contribution in [3.05, 3.63) is 35.4 Å². The molecule has 1 heterocycles. The highest BCUT2D eigenvalue weighted by molar-refractivity contribution is 5.98. The fourth-order valence-electron chi connectivity index (χ4n) is 2.25. The SMILES string of the molecule is CN(CCC#N)C(=O)CN1CCc2ccccc2C1=O. The molecule has 0 radical (unpaired) electrons. The van der Waals surface area contributed by atoms with Gasteiger partial charge in [0.15, 0.2) is 0 Å². The summed E-state index contributed by atoms with van der Waals surface area (Å²) in [5.74, 6) is -0.220. The number of carbonyl (C=O) groups excluding carboxylic acids is 2. The molecule has 1 aromatic carbocycles. The summed E-state index contributed by atoms with van der Waals surface area (Å²) < 4.78 is 0. The smallest absolute Gasteiger partial charge is 0.254 e. The molecule has 1 aliphatic heterocycles. The number of hydrogen-bond donors (Lipinski definition) is 0. The Kier molecular flexibility index (Phi) is 4.36. The molecule has 5 heteroatoms. The van der Waals surface area contributed by atoms with Gasteiger partial charge < -0.3 is 9.80 Å². The van der Waals surface area contributed by atoms with Crippen molar-refractivity contribution in [2.24, 2.45) is 0 Å². The van der Waals surface area contributed by atoms with Crippen LogP contribution in [0, 0.1) is 11.3 Å². The van der Waals surface area contributed by atoms with Gasteiger partial charge >= 0.3 is 0 Å². The second-order valence-corrected chi connectivity index (χ2v) is 4.86. The van der Waals surface area contributed by atoms with Crippen molar-refractivity contribution in [1.82, 2.24) is 9.80 Å². The van der Waals surface area contributed by atoms with Gasteiger partial charge in [-0.25, -0.2) is 0 Å². The van der Waals surface area contributed by atoms with Gasteiger partial charge in [-0.2, -0.15) is 5.26 Å². The summed E-state index contributed by atoms with van der Waals surface area (Å²) in [4.78, 5) is 27.4. The molecule has 0 atom stereocenters. The summed E-state index contributed by atoms with van der Waals surface area (Å²) in [6.07, 6.45) is 1.08. The van der Waals surface area contributed by atoms with E-state index in [2.05, 4.69) is 0 Å². The predicted molar refractivity (Wildman–Crippen MR) is 73.9 cm³/mol. The van der Waals surface area contributed by atoms with E-state index in [4.69, 9.17) is 5.26 Å². The van der Waals surface area contributed by atoms with E-state index in [-0.39, 0.29) is 18.4 Å². The van der Waals surface area contributed by atoms with E-state index >= 15 is 0 Å². The molecule has 0 unspecified atom stereocenters. The molecule has 1 aliphatic rings. The number of nitrogens with zero attached hydrogens (tertiary/aromatic N) is 3. The van der Waals surface area contributed by atoms with Crippen LogP contribution in [0.4, 0.5) is 0 Å². The number of fused-ring (bicyclic) bond motifs is 1. The third-order valence-electron chi connectivity index (χ3n) is 3.50. The van der Waals surface area contributed by atoms with Crippen LogP contribution < -0.4 is 0 Å². The van der Waals surface area contributed by atoms with E-state index in [0.29, 0.717) is 25.1 Å². The van der Waals surface area contributed by atoms with E-state index in [1.165, 1.54) is 4.90 Å². The van der Waals surface area contributed by atoms with E-state index in [1.807, 2.05) is 24.3 Å². The first kappa shape index (κ1) is 14.1. The van der Waals surface area contributed by atoms with Gasteiger partial charge in [0.2, 0.25) is 5.91 Å². The second-order valence-electron chi connectivity index (χ2n) is 4.86. The first-order chi connectivity index (χ1) is 9.63. The van der Waals surface area contributed by atoms with Crippen LogP contribution in [0.25, 0.3) is 0 Å². The lowest BCUT2D eigenvalue weighted by Crippen LogP contribution is -2.44. The fraction of sp³-hybridized carbons (Fsp3) is 0.400. The maximum atomic E-state index is 12.3. The van der Waals surface area contributed by atoms with Gasteiger partial charge in [0, 0.05) is 25.7 Å². The van der Waals surface area contributed by atoms with Crippen LogP contribution in [0.2, 0.25) is 0 Å². The Bertz CT molecular complexity index is 562. The number of carbonyl (C=O) groups is 2. The molecule has 0 aromatic heterocycles. The maximum absolute atomic E-state index is 12.3. The number of amides is 2. The van der Waals surface area contributed by atoms with Crippen molar-refractivity contribution in [2.75, 3.05) is 26.7 Å². The molecule has 0 saturated heterocycles. The third-order valence-corrected chi connectivity index (χ3v) is 3.50. The van der Waals surface area contributed by atoms with Crippen LogP contribution in [0.1, 0.15) is 22.3 Å². The minimum Gasteiger partial charge on any atom is -0.343 e. The highest BCUT2D eigenvalue weighted by Crippen LogP contribution is 2.18. The largest absolute Gasteiger partial charge is 0.343 e. The molecule has 0 spiro atoms. The van der Waals surface area contributed by atoms with Gasteiger partial charge in [-0.15, -0.1) is 0 Å². The van der Waals surface area contributed by atoms with Crippen LogP contribution >= 0.6 is 0 Å². The molecule has 0 N–H and O–H groups in total. The van der Waals surface area contributed by atoms with Gasteiger partial charge in [0.25, 0.3) is 5.91 Å². The zero-order chi connectivity index (χ0) is 14.5. The molecule has 20 heavy (non-hydrogen) atoms. The molecule has 2 rings (SSSR count). The fourth-order valence-corrected chi connectivity index (χ4v) is 2.25.